The molecule has 0 aromatic rings. The minimum Gasteiger partial charge on any atom is -0.464 e. The van der Waals surface area contributed by atoms with E-state index >= 15 is 0 Å². The fourth-order valence-electron chi connectivity index (χ4n) is 2.77. The number of hydrogen-bond acceptors (Lipinski definition) is 4. The van der Waals surface area contributed by atoms with Crippen LogP contribution >= 0.6 is 0 Å². The van der Waals surface area contributed by atoms with Gasteiger partial charge in [-0.25, -0.2) is 0 Å². The summed E-state index contributed by atoms with van der Waals surface area (Å²) in [5, 5.41) is 3.49. The van der Waals surface area contributed by atoms with Crippen LogP contribution in [0.3, 0.4) is 0 Å². The molecule has 2 fully saturated rings. The number of piperidine rings is 1. The van der Waals surface area contributed by atoms with Gasteiger partial charge in [0.05, 0.1) is 6.61 Å². The van der Waals surface area contributed by atoms with Gasteiger partial charge in [-0.1, -0.05) is 6.92 Å². The predicted octanol–water partition coefficient (Wildman–Crippen LogP) is 1.01. The Morgan fingerprint density at radius 2 is 2.12 bits per heavy atom. The number of cyclic esters (lactones) is 1. The molecule has 4 heteroatoms. The van der Waals surface area contributed by atoms with Gasteiger partial charge in [0.2, 0.25) is 0 Å². The van der Waals surface area contributed by atoms with Gasteiger partial charge in [-0.15, -0.1) is 0 Å². The Balaban J connectivity index is 1.68. The van der Waals surface area contributed by atoms with Crippen LogP contribution in [0.4, 0.5) is 0 Å². The standard InChI is InChI=1S/C13H24N2O2/c1-2-6-14-10-11-3-7-15(8-4-11)12-5-9-17-13(12)16/h11-12,14H,2-10H2,1H3. The lowest BCUT2D eigenvalue weighted by atomic mass is 9.95. The van der Waals surface area contributed by atoms with Crippen LogP contribution in [0.25, 0.3) is 0 Å². The van der Waals surface area contributed by atoms with Crippen molar-refractivity contribution in [2.75, 3.05) is 32.8 Å². The SMILES string of the molecule is CCCNCC1CCN(C2CCOC2=O)CC1. The average Bonchev–Trinajstić information content (AvgIpc) is 2.77. The topological polar surface area (TPSA) is 41.6 Å². The molecule has 2 heterocycles. The highest BCUT2D eigenvalue weighted by Gasteiger charge is 2.34. The van der Waals surface area contributed by atoms with Crippen molar-refractivity contribution in [2.24, 2.45) is 5.92 Å². The van der Waals surface area contributed by atoms with Crippen molar-refractivity contribution in [1.29, 1.82) is 0 Å². The van der Waals surface area contributed by atoms with Gasteiger partial charge in [0.15, 0.2) is 0 Å². The molecule has 17 heavy (non-hydrogen) atoms. The lowest BCUT2D eigenvalue weighted by molar-refractivity contribution is -0.142. The van der Waals surface area contributed by atoms with E-state index in [2.05, 4.69) is 17.1 Å². The molecule has 2 aliphatic rings. The molecule has 2 aliphatic heterocycles. The molecule has 0 spiro atoms. The molecule has 0 aromatic carbocycles. The van der Waals surface area contributed by atoms with E-state index in [0.29, 0.717) is 6.61 Å². The first-order chi connectivity index (χ1) is 8.31. The van der Waals surface area contributed by atoms with Crippen LogP contribution in [0.15, 0.2) is 0 Å². The van der Waals surface area contributed by atoms with E-state index in [1.807, 2.05) is 0 Å². The molecule has 0 saturated carbocycles. The van der Waals surface area contributed by atoms with Crippen molar-refractivity contribution in [3.63, 3.8) is 0 Å². The zero-order valence-electron chi connectivity index (χ0n) is 10.8. The third kappa shape index (κ3) is 3.42. The van der Waals surface area contributed by atoms with Crippen molar-refractivity contribution in [1.82, 2.24) is 10.2 Å². The lowest BCUT2D eigenvalue weighted by Crippen LogP contribution is -2.45. The Morgan fingerprint density at radius 3 is 2.71 bits per heavy atom. The Morgan fingerprint density at radius 1 is 1.35 bits per heavy atom. The molecular weight excluding hydrogens is 216 g/mol. The van der Waals surface area contributed by atoms with Crippen LogP contribution in [0.5, 0.6) is 0 Å². The van der Waals surface area contributed by atoms with Crippen LogP contribution < -0.4 is 5.32 Å². The summed E-state index contributed by atoms with van der Waals surface area (Å²) in [6, 6.07) is 0.0551. The number of carbonyl (C=O) groups is 1. The minimum atomic E-state index is -0.00689. The van der Waals surface area contributed by atoms with Crippen molar-refractivity contribution < 1.29 is 9.53 Å². The largest absolute Gasteiger partial charge is 0.464 e. The number of rotatable bonds is 5. The van der Waals surface area contributed by atoms with Crippen LogP contribution in [0.1, 0.15) is 32.6 Å². The maximum absolute atomic E-state index is 11.5. The average molecular weight is 240 g/mol. The summed E-state index contributed by atoms with van der Waals surface area (Å²) in [7, 11) is 0. The molecule has 1 N–H and O–H groups in total. The highest BCUT2D eigenvalue weighted by molar-refractivity contribution is 5.77. The summed E-state index contributed by atoms with van der Waals surface area (Å²) in [5.41, 5.74) is 0. The quantitative estimate of drug-likeness (QED) is 0.575. The van der Waals surface area contributed by atoms with E-state index in [-0.39, 0.29) is 12.0 Å². The Bertz CT molecular complexity index is 250. The first-order valence-electron chi connectivity index (χ1n) is 6.92. The van der Waals surface area contributed by atoms with Crippen molar-refractivity contribution in [3.8, 4) is 0 Å². The van der Waals surface area contributed by atoms with E-state index in [1.54, 1.807) is 0 Å². The van der Waals surface area contributed by atoms with Gasteiger partial charge in [0, 0.05) is 6.42 Å². The van der Waals surface area contributed by atoms with Gasteiger partial charge >= 0.3 is 5.97 Å². The third-order valence-electron chi connectivity index (χ3n) is 3.86. The summed E-state index contributed by atoms with van der Waals surface area (Å²) < 4.78 is 5.03. The van der Waals surface area contributed by atoms with Gasteiger partial charge < -0.3 is 10.1 Å². The van der Waals surface area contributed by atoms with Gasteiger partial charge in [-0.2, -0.15) is 0 Å². The van der Waals surface area contributed by atoms with E-state index < -0.39 is 0 Å². The summed E-state index contributed by atoms with van der Waals surface area (Å²) in [5.74, 6) is 0.780. The Hall–Kier alpha value is -0.610. The smallest absolute Gasteiger partial charge is 0.323 e. The highest BCUT2D eigenvalue weighted by atomic mass is 16.5. The molecule has 4 nitrogen and oxygen atoms in total. The molecule has 0 aromatic heterocycles. The maximum atomic E-state index is 11.5. The predicted molar refractivity (Wildman–Crippen MR) is 66.8 cm³/mol. The van der Waals surface area contributed by atoms with Crippen LogP contribution in [0.2, 0.25) is 0 Å². The van der Waals surface area contributed by atoms with Crippen molar-refractivity contribution >= 4 is 5.97 Å². The second-order valence-electron chi connectivity index (χ2n) is 5.16. The fraction of sp³-hybridized carbons (Fsp3) is 0.923. The number of nitrogens with one attached hydrogen (secondary N) is 1. The number of likely N-dealkylation sites (tertiary alicyclic amines) is 1. The molecular formula is C13H24N2O2. The Labute approximate surface area is 104 Å². The number of hydrogen-bond donors (Lipinski definition) is 1. The highest BCUT2D eigenvalue weighted by Crippen LogP contribution is 2.22. The van der Waals surface area contributed by atoms with E-state index in [1.165, 1.54) is 19.3 Å². The normalized spacial score (nSPS) is 27.4. The summed E-state index contributed by atoms with van der Waals surface area (Å²) >= 11 is 0. The second kappa shape index (κ2) is 6.36. The number of ether oxygens (including phenoxy) is 1. The monoisotopic (exact) mass is 240 g/mol. The maximum Gasteiger partial charge on any atom is 0.323 e. The zero-order valence-corrected chi connectivity index (χ0v) is 10.8. The molecule has 0 bridgehead atoms. The summed E-state index contributed by atoms with van der Waals surface area (Å²) in [4.78, 5) is 13.8. The molecule has 1 unspecified atom stereocenters. The number of esters is 1. The van der Waals surface area contributed by atoms with Gasteiger partial charge in [-0.05, 0) is 51.4 Å². The Kier molecular flexibility index (Phi) is 4.80. The van der Waals surface area contributed by atoms with Crippen LogP contribution in [-0.2, 0) is 9.53 Å². The molecule has 98 valence electrons. The summed E-state index contributed by atoms with van der Waals surface area (Å²) in [6.45, 7) is 7.17. The van der Waals surface area contributed by atoms with Crippen LogP contribution in [0, 0.1) is 5.92 Å². The van der Waals surface area contributed by atoms with E-state index in [9.17, 15) is 4.79 Å². The zero-order chi connectivity index (χ0) is 12.1. The first-order valence-corrected chi connectivity index (χ1v) is 6.92. The van der Waals surface area contributed by atoms with Crippen LogP contribution in [-0.4, -0.2) is 49.7 Å². The van der Waals surface area contributed by atoms with E-state index in [4.69, 9.17) is 4.74 Å². The molecule has 2 rings (SSSR count). The molecule has 1 atom stereocenters. The minimum absolute atomic E-state index is 0.00689. The molecule has 0 radical (unpaired) electrons. The number of nitrogens with zero attached hydrogens (tertiary/aromatic N) is 1. The van der Waals surface area contributed by atoms with Crippen molar-refractivity contribution in [2.45, 2.75) is 38.6 Å². The third-order valence-corrected chi connectivity index (χ3v) is 3.86. The van der Waals surface area contributed by atoms with Gasteiger partial charge in [-0.3, -0.25) is 9.69 Å². The van der Waals surface area contributed by atoms with Gasteiger partial charge in [0.25, 0.3) is 0 Å². The first kappa shape index (κ1) is 12.8. The van der Waals surface area contributed by atoms with E-state index in [0.717, 1.165) is 38.5 Å². The fourth-order valence-corrected chi connectivity index (χ4v) is 2.77. The molecule has 0 aliphatic carbocycles. The molecule has 0 amide bonds. The summed E-state index contributed by atoms with van der Waals surface area (Å²) in [6.07, 6.45) is 4.51. The van der Waals surface area contributed by atoms with Crippen molar-refractivity contribution in [3.05, 3.63) is 0 Å². The second-order valence-corrected chi connectivity index (χ2v) is 5.16. The molecule has 2 saturated heterocycles. The van der Waals surface area contributed by atoms with Gasteiger partial charge in [0.1, 0.15) is 6.04 Å². The lowest BCUT2D eigenvalue weighted by Gasteiger charge is -2.34. The number of carbonyl (C=O) groups excluding carboxylic acids is 1.